The van der Waals surface area contributed by atoms with E-state index in [1.807, 2.05) is 31.2 Å². The normalized spacial score (nSPS) is 11.6. The van der Waals surface area contributed by atoms with Gasteiger partial charge in [-0.15, -0.1) is 0 Å². The number of hydrogen-bond donors (Lipinski definition) is 1. The largest absolute Gasteiger partial charge is 0.491 e. The van der Waals surface area contributed by atoms with Gasteiger partial charge in [-0.3, -0.25) is 4.79 Å². The van der Waals surface area contributed by atoms with Gasteiger partial charge in [0.2, 0.25) is 0 Å². The van der Waals surface area contributed by atoms with Gasteiger partial charge >= 0.3 is 0 Å². The third-order valence-electron chi connectivity index (χ3n) is 3.25. The Balaban J connectivity index is 1.72. The van der Waals surface area contributed by atoms with Crippen molar-refractivity contribution in [1.29, 1.82) is 0 Å². The van der Waals surface area contributed by atoms with Gasteiger partial charge in [0.1, 0.15) is 18.1 Å². The minimum atomic E-state index is -0.588. The molecule has 2 aromatic rings. The fourth-order valence-electron chi connectivity index (χ4n) is 1.97. The number of benzene rings is 2. The Kier molecular flexibility index (Phi) is 6.29. The lowest BCUT2D eigenvalue weighted by atomic mass is 10.2. The van der Waals surface area contributed by atoms with E-state index in [1.54, 1.807) is 31.2 Å². The van der Waals surface area contributed by atoms with Crippen molar-refractivity contribution >= 4 is 17.5 Å². The molecule has 23 heavy (non-hydrogen) atoms. The molecule has 0 saturated carbocycles. The second-order valence-corrected chi connectivity index (χ2v) is 5.56. The Morgan fingerprint density at radius 3 is 2.57 bits per heavy atom. The monoisotopic (exact) mass is 333 g/mol. The molecule has 1 unspecified atom stereocenters. The molecule has 4 nitrogen and oxygen atoms in total. The molecule has 0 saturated heterocycles. The van der Waals surface area contributed by atoms with E-state index in [0.717, 1.165) is 11.3 Å². The van der Waals surface area contributed by atoms with Gasteiger partial charge in [0.15, 0.2) is 6.10 Å². The summed E-state index contributed by atoms with van der Waals surface area (Å²) >= 11 is 5.81. The summed E-state index contributed by atoms with van der Waals surface area (Å²) in [6, 6.07) is 14.7. The lowest BCUT2D eigenvalue weighted by molar-refractivity contribution is -0.127. The molecule has 0 bridgehead atoms. The second kappa shape index (κ2) is 8.44. The van der Waals surface area contributed by atoms with E-state index in [-0.39, 0.29) is 5.91 Å². The van der Waals surface area contributed by atoms with E-state index in [2.05, 4.69) is 5.32 Å². The van der Waals surface area contributed by atoms with Crippen molar-refractivity contribution < 1.29 is 14.3 Å². The van der Waals surface area contributed by atoms with Crippen molar-refractivity contribution in [3.8, 4) is 11.5 Å². The van der Waals surface area contributed by atoms with Crippen LogP contribution in [0.5, 0.6) is 11.5 Å². The van der Waals surface area contributed by atoms with Crippen molar-refractivity contribution in [3.05, 3.63) is 59.1 Å². The van der Waals surface area contributed by atoms with Gasteiger partial charge in [0.05, 0.1) is 6.54 Å². The van der Waals surface area contributed by atoms with Crippen molar-refractivity contribution in [1.82, 2.24) is 5.32 Å². The van der Waals surface area contributed by atoms with Gasteiger partial charge in [-0.1, -0.05) is 29.8 Å². The number of rotatable bonds is 7. The second-order valence-electron chi connectivity index (χ2n) is 5.12. The summed E-state index contributed by atoms with van der Waals surface area (Å²) in [7, 11) is 0. The van der Waals surface area contributed by atoms with E-state index in [0.29, 0.717) is 23.9 Å². The van der Waals surface area contributed by atoms with E-state index in [4.69, 9.17) is 21.1 Å². The number of halogens is 1. The quantitative estimate of drug-likeness (QED) is 0.787. The van der Waals surface area contributed by atoms with Crippen LogP contribution in [-0.4, -0.2) is 25.2 Å². The topological polar surface area (TPSA) is 47.6 Å². The molecule has 122 valence electrons. The summed E-state index contributed by atoms with van der Waals surface area (Å²) < 4.78 is 11.2. The summed E-state index contributed by atoms with van der Waals surface area (Å²) in [5.74, 6) is 1.24. The van der Waals surface area contributed by atoms with Gasteiger partial charge < -0.3 is 14.8 Å². The Bertz CT molecular complexity index is 643. The van der Waals surface area contributed by atoms with Gasteiger partial charge in [0, 0.05) is 5.02 Å². The van der Waals surface area contributed by atoms with Crippen LogP contribution in [-0.2, 0) is 4.79 Å². The molecule has 0 aliphatic rings. The molecule has 0 aliphatic carbocycles. The number of nitrogens with one attached hydrogen (secondary N) is 1. The zero-order valence-corrected chi connectivity index (χ0v) is 14.0. The first kappa shape index (κ1) is 17.2. The zero-order valence-electron chi connectivity index (χ0n) is 13.2. The number of para-hydroxylation sites is 1. The SMILES string of the molecule is Cc1ccccc1OCCNC(=O)C(C)Oc1ccc(Cl)cc1. The highest BCUT2D eigenvalue weighted by molar-refractivity contribution is 6.30. The third-order valence-corrected chi connectivity index (χ3v) is 3.50. The van der Waals surface area contributed by atoms with Crippen LogP contribution >= 0.6 is 11.6 Å². The van der Waals surface area contributed by atoms with Gasteiger partial charge in [0.25, 0.3) is 5.91 Å². The number of hydrogen-bond acceptors (Lipinski definition) is 3. The number of carbonyl (C=O) groups is 1. The molecule has 1 atom stereocenters. The summed E-state index contributed by atoms with van der Waals surface area (Å²) in [6.45, 7) is 4.51. The summed E-state index contributed by atoms with van der Waals surface area (Å²) in [5.41, 5.74) is 1.07. The van der Waals surface area contributed by atoms with Crippen LogP contribution in [0.25, 0.3) is 0 Å². The molecule has 5 heteroatoms. The maximum absolute atomic E-state index is 12.0. The van der Waals surface area contributed by atoms with Crippen LogP contribution in [0.1, 0.15) is 12.5 Å². The Morgan fingerprint density at radius 2 is 1.87 bits per heavy atom. The molecule has 0 heterocycles. The lowest BCUT2D eigenvalue weighted by Crippen LogP contribution is -2.38. The fraction of sp³-hybridized carbons (Fsp3) is 0.278. The molecule has 1 N–H and O–H groups in total. The molecule has 0 aromatic heterocycles. The summed E-state index contributed by atoms with van der Waals surface area (Å²) in [4.78, 5) is 12.0. The van der Waals surface area contributed by atoms with E-state index >= 15 is 0 Å². The molecular formula is C18H20ClNO3. The molecule has 1 amide bonds. The zero-order chi connectivity index (χ0) is 16.7. The number of aryl methyl sites for hydroxylation is 1. The highest BCUT2D eigenvalue weighted by Gasteiger charge is 2.14. The minimum absolute atomic E-state index is 0.187. The Hall–Kier alpha value is -2.20. The summed E-state index contributed by atoms with van der Waals surface area (Å²) in [5, 5.41) is 3.42. The number of carbonyl (C=O) groups excluding carboxylic acids is 1. The maximum atomic E-state index is 12.0. The molecule has 2 aromatic carbocycles. The van der Waals surface area contributed by atoms with Crippen molar-refractivity contribution in [2.75, 3.05) is 13.2 Å². The summed E-state index contributed by atoms with van der Waals surface area (Å²) in [6.07, 6.45) is -0.588. The first-order chi connectivity index (χ1) is 11.1. The highest BCUT2D eigenvalue weighted by atomic mass is 35.5. The number of ether oxygens (including phenoxy) is 2. The van der Waals surface area contributed by atoms with Crippen LogP contribution in [0.15, 0.2) is 48.5 Å². The standard InChI is InChI=1S/C18H20ClNO3/c1-13-5-3-4-6-17(13)22-12-11-20-18(21)14(2)23-16-9-7-15(19)8-10-16/h3-10,14H,11-12H2,1-2H3,(H,20,21). The van der Waals surface area contributed by atoms with Crippen LogP contribution in [0.3, 0.4) is 0 Å². The maximum Gasteiger partial charge on any atom is 0.260 e. The molecule has 2 rings (SSSR count). The predicted molar refractivity (Wildman–Crippen MR) is 91.2 cm³/mol. The van der Waals surface area contributed by atoms with Crippen LogP contribution in [0, 0.1) is 6.92 Å². The predicted octanol–water partition coefficient (Wildman–Crippen LogP) is 3.61. The Morgan fingerprint density at radius 1 is 1.17 bits per heavy atom. The molecule has 0 fully saturated rings. The van der Waals surface area contributed by atoms with E-state index in [1.165, 1.54) is 0 Å². The van der Waals surface area contributed by atoms with Crippen molar-refractivity contribution in [3.63, 3.8) is 0 Å². The van der Waals surface area contributed by atoms with Gasteiger partial charge in [-0.2, -0.15) is 0 Å². The van der Waals surface area contributed by atoms with Crippen LogP contribution in [0.2, 0.25) is 5.02 Å². The van der Waals surface area contributed by atoms with E-state index in [9.17, 15) is 4.79 Å². The van der Waals surface area contributed by atoms with Gasteiger partial charge in [-0.05, 0) is 49.7 Å². The average molecular weight is 334 g/mol. The smallest absolute Gasteiger partial charge is 0.260 e. The minimum Gasteiger partial charge on any atom is -0.491 e. The molecule has 0 radical (unpaired) electrons. The van der Waals surface area contributed by atoms with E-state index < -0.39 is 6.10 Å². The van der Waals surface area contributed by atoms with Gasteiger partial charge in [-0.25, -0.2) is 0 Å². The van der Waals surface area contributed by atoms with Crippen molar-refractivity contribution in [2.24, 2.45) is 0 Å². The molecule has 0 spiro atoms. The average Bonchev–Trinajstić information content (AvgIpc) is 2.55. The van der Waals surface area contributed by atoms with Crippen LogP contribution < -0.4 is 14.8 Å². The van der Waals surface area contributed by atoms with Crippen LogP contribution in [0.4, 0.5) is 0 Å². The Labute approximate surface area is 141 Å². The fourth-order valence-corrected chi connectivity index (χ4v) is 2.09. The first-order valence-electron chi connectivity index (χ1n) is 7.44. The lowest BCUT2D eigenvalue weighted by Gasteiger charge is -2.15. The van der Waals surface area contributed by atoms with Crippen molar-refractivity contribution in [2.45, 2.75) is 20.0 Å². The highest BCUT2D eigenvalue weighted by Crippen LogP contribution is 2.17. The third kappa shape index (κ3) is 5.49. The molecular weight excluding hydrogens is 314 g/mol. The molecule has 0 aliphatic heterocycles. The number of amides is 1. The first-order valence-corrected chi connectivity index (χ1v) is 7.82.